The van der Waals surface area contributed by atoms with Crippen LogP contribution in [0.15, 0.2) is 23.8 Å². The molecule has 0 unspecified atom stereocenters. The molecule has 0 saturated heterocycles. The Bertz CT molecular complexity index is 560. The molecule has 0 aromatic carbocycles. The summed E-state index contributed by atoms with van der Waals surface area (Å²) >= 11 is 1.54. The van der Waals surface area contributed by atoms with Crippen LogP contribution >= 0.6 is 11.3 Å². The third-order valence-corrected chi connectivity index (χ3v) is 3.07. The van der Waals surface area contributed by atoms with Crippen LogP contribution in [0.25, 0.3) is 12.2 Å². The summed E-state index contributed by atoms with van der Waals surface area (Å²) in [5.41, 5.74) is 3.42. The molecule has 5 nitrogen and oxygen atoms in total. The highest BCUT2D eigenvalue weighted by molar-refractivity contribution is 7.10. The van der Waals surface area contributed by atoms with Crippen LogP contribution in [-0.4, -0.2) is 14.9 Å². The number of thiazole rings is 1. The smallest absolute Gasteiger partial charge is 0.258 e. The van der Waals surface area contributed by atoms with E-state index in [4.69, 9.17) is 0 Å². The zero-order valence-electron chi connectivity index (χ0n) is 9.03. The van der Waals surface area contributed by atoms with Crippen molar-refractivity contribution in [3.8, 4) is 0 Å². The Balaban J connectivity index is 2.17. The van der Waals surface area contributed by atoms with Crippen molar-refractivity contribution in [3.05, 3.63) is 50.2 Å². The normalized spacial score (nSPS) is 10.9. The molecular formula is C11H9N3O2S. The Morgan fingerprint density at radius 2 is 2.18 bits per heavy atom. The van der Waals surface area contributed by atoms with E-state index in [0.717, 1.165) is 10.6 Å². The van der Waals surface area contributed by atoms with E-state index in [9.17, 15) is 10.1 Å². The molecule has 2 rings (SSSR count). The minimum Gasteiger partial charge on any atom is -0.258 e. The van der Waals surface area contributed by atoms with Gasteiger partial charge in [0.25, 0.3) is 5.69 Å². The van der Waals surface area contributed by atoms with Crippen LogP contribution in [0, 0.1) is 17.0 Å². The quantitative estimate of drug-likeness (QED) is 0.617. The van der Waals surface area contributed by atoms with Gasteiger partial charge in [-0.15, -0.1) is 11.3 Å². The van der Waals surface area contributed by atoms with Gasteiger partial charge < -0.3 is 0 Å². The highest BCUT2D eigenvalue weighted by Crippen LogP contribution is 2.16. The monoisotopic (exact) mass is 247 g/mol. The molecule has 0 radical (unpaired) electrons. The average Bonchev–Trinajstić information content (AvgIpc) is 2.73. The minimum absolute atomic E-state index is 0.00359. The van der Waals surface area contributed by atoms with E-state index in [1.807, 2.05) is 19.1 Å². The van der Waals surface area contributed by atoms with E-state index in [-0.39, 0.29) is 5.69 Å². The van der Waals surface area contributed by atoms with Gasteiger partial charge >= 0.3 is 0 Å². The Morgan fingerprint density at radius 1 is 1.35 bits per heavy atom. The number of rotatable bonds is 3. The molecular weight excluding hydrogens is 238 g/mol. The third kappa shape index (κ3) is 2.73. The van der Waals surface area contributed by atoms with E-state index in [1.165, 1.54) is 12.3 Å². The SMILES string of the molecule is Cc1ncsc1/C=C/c1ccc([N+](=O)[O-])cn1. The van der Waals surface area contributed by atoms with E-state index < -0.39 is 4.92 Å². The molecule has 2 heterocycles. The van der Waals surface area contributed by atoms with E-state index in [0.29, 0.717) is 5.69 Å². The van der Waals surface area contributed by atoms with Gasteiger partial charge in [-0.05, 0) is 25.1 Å². The molecule has 86 valence electrons. The average molecular weight is 247 g/mol. The first-order valence-electron chi connectivity index (χ1n) is 4.85. The Labute approximate surface area is 102 Å². The first kappa shape index (κ1) is 11.4. The van der Waals surface area contributed by atoms with Crippen molar-refractivity contribution in [2.45, 2.75) is 6.92 Å². The maximum Gasteiger partial charge on any atom is 0.287 e. The van der Waals surface area contributed by atoms with Gasteiger partial charge in [-0.2, -0.15) is 0 Å². The molecule has 6 heteroatoms. The van der Waals surface area contributed by atoms with Crippen molar-refractivity contribution < 1.29 is 4.92 Å². The van der Waals surface area contributed by atoms with Crippen molar-refractivity contribution in [1.29, 1.82) is 0 Å². The summed E-state index contributed by atoms with van der Waals surface area (Å²) in [6.45, 7) is 1.93. The molecule has 0 N–H and O–H groups in total. The van der Waals surface area contributed by atoms with Crippen molar-refractivity contribution in [1.82, 2.24) is 9.97 Å². The van der Waals surface area contributed by atoms with E-state index >= 15 is 0 Å². The number of hydrogen-bond acceptors (Lipinski definition) is 5. The number of aryl methyl sites for hydroxylation is 1. The van der Waals surface area contributed by atoms with Gasteiger partial charge in [0.2, 0.25) is 0 Å². The molecule has 0 spiro atoms. The van der Waals surface area contributed by atoms with Crippen molar-refractivity contribution in [2.24, 2.45) is 0 Å². The molecule has 0 atom stereocenters. The molecule has 0 aliphatic rings. The number of hydrogen-bond donors (Lipinski definition) is 0. The van der Waals surface area contributed by atoms with Gasteiger partial charge in [-0.1, -0.05) is 0 Å². The van der Waals surface area contributed by atoms with Crippen LogP contribution in [0.4, 0.5) is 5.69 Å². The molecule has 0 aliphatic heterocycles. The zero-order valence-corrected chi connectivity index (χ0v) is 9.85. The maximum atomic E-state index is 10.4. The van der Waals surface area contributed by atoms with Gasteiger partial charge in [-0.3, -0.25) is 10.1 Å². The molecule has 17 heavy (non-hydrogen) atoms. The summed E-state index contributed by atoms with van der Waals surface area (Å²) in [6.07, 6.45) is 4.96. The van der Waals surface area contributed by atoms with Crippen LogP contribution in [-0.2, 0) is 0 Å². The predicted molar refractivity (Wildman–Crippen MR) is 66.7 cm³/mol. The Morgan fingerprint density at radius 3 is 2.71 bits per heavy atom. The van der Waals surface area contributed by atoms with Gasteiger partial charge in [0, 0.05) is 10.9 Å². The van der Waals surface area contributed by atoms with E-state index in [2.05, 4.69) is 9.97 Å². The van der Waals surface area contributed by atoms with Gasteiger partial charge in [0.1, 0.15) is 6.20 Å². The predicted octanol–water partition coefficient (Wildman–Crippen LogP) is 2.93. The lowest BCUT2D eigenvalue weighted by atomic mass is 10.3. The molecule has 2 aromatic heterocycles. The molecule has 0 aliphatic carbocycles. The largest absolute Gasteiger partial charge is 0.287 e. The number of nitro groups is 1. The third-order valence-electron chi connectivity index (χ3n) is 2.17. The summed E-state index contributed by atoms with van der Waals surface area (Å²) in [5, 5.41) is 10.4. The lowest BCUT2D eigenvalue weighted by molar-refractivity contribution is -0.385. The Kier molecular flexibility index (Phi) is 3.24. The van der Waals surface area contributed by atoms with Crippen molar-refractivity contribution in [3.63, 3.8) is 0 Å². The molecule has 0 bridgehead atoms. The lowest BCUT2D eigenvalue weighted by Gasteiger charge is -1.93. The van der Waals surface area contributed by atoms with Gasteiger partial charge in [0.05, 0.1) is 21.8 Å². The number of aromatic nitrogens is 2. The summed E-state index contributed by atoms with van der Waals surface area (Å²) in [6, 6.07) is 3.05. The fraction of sp³-hybridized carbons (Fsp3) is 0.0909. The van der Waals surface area contributed by atoms with Crippen LogP contribution in [0.2, 0.25) is 0 Å². The van der Waals surface area contributed by atoms with Gasteiger partial charge in [-0.25, -0.2) is 9.97 Å². The second-order valence-corrected chi connectivity index (χ2v) is 4.22. The fourth-order valence-corrected chi connectivity index (χ4v) is 1.93. The van der Waals surface area contributed by atoms with E-state index in [1.54, 1.807) is 22.9 Å². The molecule has 0 saturated carbocycles. The van der Waals surface area contributed by atoms with Crippen LogP contribution in [0.5, 0.6) is 0 Å². The fourth-order valence-electron chi connectivity index (χ4n) is 1.24. The summed E-state index contributed by atoms with van der Waals surface area (Å²) in [7, 11) is 0. The van der Waals surface area contributed by atoms with Gasteiger partial charge in [0.15, 0.2) is 0 Å². The minimum atomic E-state index is -0.464. The molecule has 2 aromatic rings. The highest BCUT2D eigenvalue weighted by atomic mass is 32.1. The Hall–Kier alpha value is -2.08. The number of nitrogens with zero attached hydrogens (tertiary/aromatic N) is 3. The van der Waals surface area contributed by atoms with Crippen molar-refractivity contribution in [2.75, 3.05) is 0 Å². The standard InChI is InChI=1S/C11H9N3O2S/c1-8-11(17-7-13-8)5-3-9-2-4-10(6-12-9)14(15)16/h2-7H,1H3/b5-3+. The van der Waals surface area contributed by atoms with Crippen LogP contribution in [0.1, 0.15) is 16.3 Å². The second kappa shape index (κ2) is 4.84. The second-order valence-electron chi connectivity index (χ2n) is 3.33. The summed E-state index contributed by atoms with van der Waals surface area (Å²) in [4.78, 5) is 19.1. The number of pyridine rings is 1. The first-order chi connectivity index (χ1) is 8.16. The lowest BCUT2D eigenvalue weighted by Crippen LogP contribution is -1.89. The molecule has 0 fully saturated rings. The first-order valence-corrected chi connectivity index (χ1v) is 5.73. The summed E-state index contributed by atoms with van der Waals surface area (Å²) in [5.74, 6) is 0. The van der Waals surface area contributed by atoms with Crippen LogP contribution in [0.3, 0.4) is 0 Å². The summed E-state index contributed by atoms with van der Waals surface area (Å²) < 4.78 is 0. The highest BCUT2D eigenvalue weighted by Gasteiger charge is 2.03. The topological polar surface area (TPSA) is 68.9 Å². The van der Waals surface area contributed by atoms with Crippen molar-refractivity contribution >= 4 is 29.2 Å². The molecule has 0 amide bonds. The van der Waals surface area contributed by atoms with Crippen LogP contribution < -0.4 is 0 Å². The maximum absolute atomic E-state index is 10.4. The zero-order chi connectivity index (χ0) is 12.3.